The number of carbonyl (C=O) groups is 1. The van der Waals surface area contributed by atoms with Crippen LogP contribution in [0.15, 0.2) is 68.5 Å². The number of furan rings is 1. The molecule has 0 atom stereocenters. The van der Waals surface area contributed by atoms with Crippen molar-refractivity contribution in [3.8, 4) is 11.3 Å². The standard InChI is InChI=1S/C19H13BrClNO3/c1-24-19(23)16-7-5-13(21)10-17(16)18-8-6-15(25-18)11-22-14-4-2-3-12(20)9-14/h2-11H,1H3. The molecule has 0 bridgehead atoms. The molecule has 3 aromatic rings. The maximum Gasteiger partial charge on any atom is 0.338 e. The number of esters is 1. The zero-order chi connectivity index (χ0) is 17.8. The Balaban J connectivity index is 1.91. The number of hydrogen-bond donors (Lipinski definition) is 0. The van der Waals surface area contributed by atoms with Gasteiger partial charge in [-0.05, 0) is 48.5 Å². The topological polar surface area (TPSA) is 51.8 Å². The number of ether oxygens (including phenoxy) is 1. The number of carbonyl (C=O) groups excluding carboxylic acids is 1. The van der Waals surface area contributed by atoms with Crippen LogP contribution in [0.1, 0.15) is 16.1 Å². The van der Waals surface area contributed by atoms with Gasteiger partial charge in [-0.15, -0.1) is 0 Å². The van der Waals surface area contributed by atoms with E-state index in [0.717, 1.165) is 10.2 Å². The van der Waals surface area contributed by atoms with Crippen molar-refractivity contribution in [3.63, 3.8) is 0 Å². The quantitative estimate of drug-likeness (QED) is 0.391. The molecule has 0 unspecified atom stereocenters. The molecule has 0 radical (unpaired) electrons. The van der Waals surface area contributed by atoms with E-state index < -0.39 is 5.97 Å². The van der Waals surface area contributed by atoms with Crippen LogP contribution >= 0.6 is 27.5 Å². The van der Waals surface area contributed by atoms with Crippen LogP contribution in [-0.4, -0.2) is 19.3 Å². The van der Waals surface area contributed by atoms with Gasteiger partial charge in [-0.1, -0.05) is 33.6 Å². The molecule has 2 aromatic carbocycles. The van der Waals surface area contributed by atoms with Gasteiger partial charge in [0.05, 0.1) is 24.6 Å². The van der Waals surface area contributed by atoms with Gasteiger partial charge >= 0.3 is 5.97 Å². The van der Waals surface area contributed by atoms with Crippen LogP contribution in [0.4, 0.5) is 5.69 Å². The fraction of sp³-hybridized carbons (Fsp3) is 0.0526. The van der Waals surface area contributed by atoms with Gasteiger partial charge in [0.25, 0.3) is 0 Å². The predicted molar refractivity (Wildman–Crippen MR) is 102 cm³/mol. The molecular weight excluding hydrogens is 406 g/mol. The van der Waals surface area contributed by atoms with E-state index in [1.807, 2.05) is 24.3 Å². The molecule has 1 aromatic heterocycles. The minimum Gasteiger partial charge on any atom is -0.465 e. The summed E-state index contributed by atoms with van der Waals surface area (Å²) in [5.41, 5.74) is 1.75. The van der Waals surface area contributed by atoms with Crippen LogP contribution in [-0.2, 0) is 4.74 Å². The van der Waals surface area contributed by atoms with Crippen LogP contribution in [0, 0.1) is 0 Å². The Kier molecular flexibility index (Phi) is 5.36. The molecule has 0 saturated heterocycles. The molecule has 4 nitrogen and oxygen atoms in total. The normalized spacial score (nSPS) is 11.0. The van der Waals surface area contributed by atoms with Crippen molar-refractivity contribution >= 4 is 45.4 Å². The van der Waals surface area contributed by atoms with Gasteiger partial charge in [-0.25, -0.2) is 4.79 Å². The van der Waals surface area contributed by atoms with E-state index in [1.165, 1.54) is 7.11 Å². The van der Waals surface area contributed by atoms with Gasteiger partial charge in [0.2, 0.25) is 0 Å². The maximum absolute atomic E-state index is 11.9. The summed E-state index contributed by atoms with van der Waals surface area (Å²) in [4.78, 5) is 16.3. The van der Waals surface area contributed by atoms with Crippen LogP contribution in [0.5, 0.6) is 0 Å². The van der Waals surface area contributed by atoms with Crippen LogP contribution in [0.25, 0.3) is 11.3 Å². The van der Waals surface area contributed by atoms with Crippen LogP contribution in [0.2, 0.25) is 5.02 Å². The summed E-state index contributed by atoms with van der Waals surface area (Å²) >= 11 is 9.46. The van der Waals surface area contributed by atoms with E-state index in [-0.39, 0.29) is 0 Å². The molecule has 0 aliphatic heterocycles. The minimum atomic E-state index is -0.451. The number of nitrogens with zero attached hydrogens (tertiary/aromatic N) is 1. The van der Waals surface area contributed by atoms with E-state index in [4.69, 9.17) is 20.8 Å². The van der Waals surface area contributed by atoms with Gasteiger partial charge in [0, 0.05) is 15.1 Å². The van der Waals surface area contributed by atoms with Crippen LogP contribution < -0.4 is 0 Å². The van der Waals surface area contributed by atoms with Crippen LogP contribution in [0.3, 0.4) is 0 Å². The number of benzene rings is 2. The second-order valence-electron chi connectivity index (χ2n) is 5.12. The molecule has 0 fully saturated rings. The smallest absolute Gasteiger partial charge is 0.338 e. The Morgan fingerprint density at radius 2 is 2.04 bits per heavy atom. The monoisotopic (exact) mass is 417 g/mol. The summed E-state index contributed by atoms with van der Waals surface area (Å²) in [6.45, 7) is 0. The molecule has 0 aliphatic rings. The lowest BCUT2D eigenvalue weighted by molar-refractivity contribution is 0.0601. The van der Waals surface area contributed by atoms with Gasteiger partial charge in [0.1, 0.15) is 11.5 Å². The largest absolute Gasteiger partial charge is 0.465 e. The average Bonchev–Trinajstić information content (AvgIpc) is 3.08. The third kappa shape index (κ3) is 4.18. The third-order valence-corrected chi connectivity index (χ3v) is 4.16. The Bertz CT molecular complexity index is 949. The number of halogens is 2. The van der Waals surface area contributed by atoms with Gasteiger partial charge < -0.3 is 9.15 Å². The molecule has 0 spiro atoms. The van der Waals surface area contributed by atoms with E-state index in [2.05, 4.69) is 20.9 Å². The second kappa shape index (κ2) is 7.68. The van der Waals surface area contributed by atoms with Gasteiger partial charge in [0.15, 0.2) is 0 Å². The molecule has 1 heterocycles. The Morgan fingerprint density at radius 1 is 1.20 bits per heavy atom. The fourth-order valence-electron chi connectivity index (χ4n) is 2.27. The predicted octanol–water partition coefficient (Wildman–Crippen LogP) is 5.90. The van der Waals surface area contributed by atoms with Gasteiger partial charge in [-0.2, -0.15) is 0 Å². The lowest BCUT2D eigenvalue weighted by Crippen LogP contribution is -2.03. The first-order chi connectivity index (χ1) is 12.1. The Labute approximate surface area is 158 Å². The first-order valence-corrected chi connectivity index (χ1v) is 8.51. The molecular formula is C19H13BrClNO3. The zero-order valence-corrected chi connectivity index (χ0v) is 15.5. The van der Waals surface area contributed by atoms with Gasteiger partial charge in [-0.3, -0.25) is 4.99 Å². The number of rotatable bonds is 4. The molecule has 25 heavy (non-hydrogen) atoms. The fourth-order valence-corrected chi connectivity index (χ4v) is 2.83. The van der Waals surface area contributed by atoms with Crippen molar-refractivity contribution in [1.29, 1.82) is 0 Å². The highest BCUT2D eigenvalue weighted by atomic mass is 79.9. The van der Waals surface area contributed by atoms with E-state index >= 15 is 0 Å². The highest BCUT2D eigenvalue weighted by Gasteiger charge is 2.16. The van der Waals surface area contributed by atoms with E-state index in [9.17, 15) is 4.79 Å². The van der Waals surface area contributed by atoms with Crippen molar-refractivity contribution in [1.82, 2.24) is 0 Å². The molecule has 6 heteroatoms. The zero-order valence-electron chi connectivity index (χ0n) is 13.2. The Hall–Kier alpha value is -2.37. The molecule has 0 N–H and O–H groups in total. The highest BCUT2D eigenvalue weighted by molar-refractivity contribution is 9.10. The minimum absolute atomic E-state index is 0.386. The summed E-state index contributed by atoms with van der Waals surface area (Å²) < 4.78 is 11.5. The van der Waals surface area contributed by atoms with Crippen molar-refractivity contribution in [2.24, 2.45) is 4.99 Å². The van der Waals surface area contributed by atoms with E-state index in [1.54, 1.807) is 36.5 Å². The number of hydrogen-bond acceptors (Lipinski definition) is 4. The summed E-state index contributed by atoms with van der Waals surface area (Å²) in [7, 11) is 1.33. The van der Waals surface area contributed by atoms with E-state index in [0.29, 0.717) is 27.7 Å². The molecule has 3 rings (SSSR count). The molecule has 0 saturated carbocycles. The average molecular weight is 419 g/mol. The summed E-state index contributed by atoms with van der Waals surface area (Å²) in [5.74, 6) is 0.622. The second-order valence-corrected chi connectivity index (χ2v) is 6.47. The summed E-state index contributed by atoms with van der Waals surface area (Å²) in [6, 6.07) is 16.1. The first kappa shape index (κ1) is 17.5. The summed E-state index contributed by atoms with van der Waals surface area (Å²) in [6.07, 6.45) is 1.62. The lowest BCUT2D eigenvalue weighted by atomic mass is 10.1. The summed E-state index contributed by atoms with van der Waals surface area (Å²) in [5, 5.41) is 0.503. The van der Waals surface area contributed by atoms with Crippen molar-refractivity contribution < 1.29 is 13.9 Å². The highest BCUT2D eigenvalue weighted by Crippen LogP contribution is 2.29. The van der Waals surface area contributed by atoms with Crippen molar-refractivity contribution in [2.75, 3.05) is 7.11 Å². The Morgan fingerprint density at radius 3 is 2.80 bits per heavy atom. The number of aliphatic imine (C=N–C) groups is 1. The molecule has 126 valence electrons. The lowest BCUT2D eigenvalue weighted by Gasteiger charge is -2.06. The SMILES string of the molecule is COC(=O)c1ccc(Cl)cc1-c1ccc(C=Nc2cccc(Br)c2)o1. The van der Waals surface area contributed by atoms with Crippen molar-refractivity contribution in [3.05, 3.63) is 75.4 Å². The third-order valence-electron chi connectivity index (χ3n) is 3.43. The van der Waals surface area contributed by atoms with Crippen molar-refractivity contribution in [2.45, 2.75) is 0 Å². The first-order valence-electron chi connectivity index (χ1n) is 7.34. The molecule has 0 aliphatic carbocycles. The maximum atomic E-state index is 11.9. The number of methoxy groups -OCH3 is 1. The molecule has 0 amide bonds.